The summed E-state index contributed by atoms with van der Waals surface area (Å²) in [5, 5.41) is 115. The normalized spacial score (nSPS) is 21.3. The zero-order valence-electron chi connectivity index (χ0n) is 69.2. The lowest BCUT2D eigenvalue weighted by molar-refractivity contribution is -0.142. The minimum Gasteiger partial charge on any atom is -0.508 e. The fourth-order valence-corrected chi connectivity index (χ4v) is 15.1. The minimum absolute atomic E-state index is 0.0882. The smallest absolute Gasteiger partial charge is 0.305 e. The van der Waals surface area contributed by atoms with Gasteiger partial charge in [0, 0.05) is 50.0 Å². The summed E-state index contributed by atoms with van der Waals surface area (Å²) < 4.78 is 0. The predicted octanol–water partition coefficient (Wildman–Crippen LogP) is -1.71. The summed E-state index contributed by atoms with van der Waals surface area (Å²) in [4.78, 5) is 230. The number of rotatable bonds is 29. The first kappa shape index (κ1) is 99.6. The van der Waals surface area contributed by atoms with Gasteiger partial charge in [0.25, 0.3) is 0 Å². The van der Waals surface area contributed by atoms with Crippen LogP contribution in [0.3, 0.4) is 0 Å². The maximum Gasteiger partial charge on any atom is 0.305 e. The van der Waals surface area contributed by atoms with E-state index in [9.17, 15) is 98.4 Å². The molecule has 6 aromatic rings. The standard InChI is InChI=1S/C85H105N15O24S2/c1-43(2)33-61-82(121)100-71(46(5)101)85(124)97-65(39-52-19-29-57(106)30-20-52)80(119)93-64(38-51-17-27-56(105)28-18-51)79(118)96-66(40-70(109)110)81(120)94-63(37-50-15-25-55(104)26-16-50)78(117)90-59(31-32-69(107)108)76(115)99-68(42-126-125-41-67(83(122)89-45(4)74(113)92-61)98-75(114)58(86)34-48-11-21-53(102)22-12-48)84(123)95-62(36-47-9-7-6-8-10-47)77(116)88-44(3)73(112)91-60(72(87)111)35-49-13-23-54(103)24-14-49/h6-30,43-46,58-68,71,101-106H,31-42,86H2,1-5H3,(H2,87,111)(H,88,116)(H,89,122)(H,90,117)(H,91,112)(H,92,113)(H,93,119)(H,94,120)(H,95,123)(H,96,118)(H,97,124)(H,98,114)(H,99,115)(H,100,121)(H,107,108)(H,109,110)/t44-,45-,46+,58+,59-,60-,61-,62+,63-,64-,65-,66-,67-,68-,71-/m0/s1. The Hall–Kier alpha value is -13.5. The number of phenolic OH excluding ortho intramolecular Hbond substituents is 5. The van der Waals surface area contributed by atoms with Gasteiger partial charge in [0.15, 0.2) is 0 Å². The summed E-state index contributed by atoms with van der Waals surface area (Å²) in [6.45, 7) is 6.92. The van der Waals surface area contributed by atoms with Crippen LogP contribution in [0.1, 0.15) is 93.7 Å². The van der Waals surface area contributed by atoms with Crippen molar-refractivity contribution < 1.29 is 118 Å². The van der Waals surface area contributed by atoms with E-state index in [-0.39, 0.29) is 71.1 Å². The SMILES string of the molecule is CC(C)C[C@@H]1NC(=O)[C@H](C)NC(=O)[C@@H](NC(=O)[C@H](N)Cc2ccc(O)cc2)CSSC[C@@H](C(=O)N[C@H](Cc2ccccc2)C(=O)N[C@@H](C)C(=O)N[C@@H](Cc2ccc(O)cc2)C(N)=O)NC(=O)[C@H](CCC(=O)O)NC(=O)[C@H](Cc2ccc(O)cc2)NC(=O)[C@H](CC(=O)O)NC(=O)[C@H](Cc2ccc(O)cc2)NC(=O)[C@H](Cc2ccc(O)cc2)NC(=O)[C@H]([C@@H](C)O)NC1=O. The molecule has 676 valence electrons. The van der Waals surface area contributed by atoms with Crippen LogP contribution in [0, 0.1) is 5.92 Å². The molecule has 1 fully saturated rings. The van der Waals surface area contributed by atoms with Gasteiger partial charge in [-0.25, -0.2) is 0 Å². The van der Waals surface area contributed by atoms with E-state index in [4.69, 9.17) is 11.5 Å². The van der Waals surface area contributed by atoms with Crippen molar-refractivity contribution in [3.63, 3.8) is 0 Å². The summed E-state index contributed by atoms with van der Waals surface area (Å²) in [6.07, 6.45) is -7.13. The molecule has 0 spiro atoms. The number of aliphatic hydroxyl groups is 1. The highest BCUT2D eigenvalue weighted by Crippen LogP contribution is 2.25. The van der Waals surface area contributed by atoms with Crippen molar-refractivity contribution in [1.82, 2.24) is 69.1 Å². The number of carboxylic acids is 2. The Balaban J connectivity index is 1.34. The molecule has 0 saturated carbocycles. The van der Waals surface area contributed by atoms with Gasteiger partial charge >= 0.3 is 11.9 Å². The van der Waals surface area contributed by atoms with Crippen molar-refractivity contribution in [1.29, 1.82) is 0 Å². The Kier molecular flexibility index (Phi) is 38.3. The molecule has 7 rings (SSSR count). The number of primary amides is 1. The molecule has 14 amide bonds. The van der Waals surface area contributed by atoms with Crippen LogP contribution < -0.4 is 80.6 Å². The third-order valence-corrected chi connectivity index (χ3v) is 22.1. The van der Waals surface area contributed by atoms with Crippen molar-refractivity contribution in [3.8, 4) is 28.7 Å². The summed E-state index contributed by atoms with van der Waals surface area (Å²) >= 11 is 0. The Morgan fingerprint density at radius 3 is 1.29 bits per heavy atom. The average molecular weight is 1780 g/mol. The number of phenols is 5. The summed E-state index contributed by atoms with van der Waals surface area (Å²) in [7, 11) is 1.50. The average Bonchev–Trinajstić information content (AvgIpc) is 0.835. The van der Waals surface area contributed by atoms with E-state index in [0.717, 1.165) is 28.5 Å². The molecular formula is C85H105N15O24S2. The Morgan fingerprint density at radius 2 is 0.825 bits per heavy atom. The second kappa shape index (κ2) is 48.5. The number of nitrogens with one attached hydrogen (secondary N) is 13. The van der Waals surface area contributed by atoms with Crippen LogP contribution in [0.4, 0.5) is 0 Å². The fraction of sp³-hybridized carbons (Fsp3) is 0.388. The number of aromatic hydroxyl groups is 5. The van der Waals surface area contributed by atoms with E-state index >= 15 is 19.2 Å². The van der Waals surface area contributed by atoms with Gasteiger partial charge in [0.1, 0.15) is 107 Å². The number of carbonyl (C=O) groups is 16. The molecule has 0 unspecified atom stereocenters. The minimum atomic E-state index is -2.20. The molecule has 0 radical (unpaired) electrons. The zero-order valence-corrected chi connectivity index (χ0v) is 70.9. The van der Waals surface area contributed by atoms with Gasteiger partial charge in [-0.15, -0.1) is 0 Å². The molecule has 6 aromatic carbocycles. The van der Waals surface area contributed by atoms with Crippen LogP contribution in [0.25, 0.3) is 0 Å². The number of aliphatic carboxylic acids is 2. The first-order valence-electron chi connectivity index (χ1n) is 40.0. The zero-order chi connectivity index (χ0) is 92.6. The van der Waals surface area contributed by atoms with Crippen molar-refractivity contribution in [3.05, 3.63) is 185 Å². The molecule has 41 heteroatoms. The quantitative estimate of drug-likeness (QED) is 0.0232. The largest absolute Gasteiger partial charge is 0.508 e. The number of nitrogens with two attached hydrogens (primary N) is 2. The van der Waals surface area contributed by atoms with Crippen LogP contribution >= 0.6 is 21.6 Å². The van der Waals surface area contributed by atoms with Crippen molar-refractivity contribution in [2.75, 3.05) is 11.5 Å². The van der Waals surface area contributed by atoms with Crippen LogP contribution in [0.2, 0.25) is 0 Å². The second-order valence-electron chi connectivity index (χ2n) is 30.6. The topological polar surface area (TPSA) is 643 Å². The summed E-state index contributed by atoms with van der Waals surface area (Å²) in [5.74, 6) is -21.7. The number of benzene rings is 6. The number of hydrogen-bond acceptors (Lipinski definition) is 25. The Morgan fingerprint density at radius 1 is 0.421 bits per heavy atom. The van der Waals surface area contributed by atoms with Gasteiger partial charge in [-0.1, -0.05) is 126 Å². The summed E-state index contributed by atoms with van der Waals surface area (Å²) in [6, 6.07) is 10.2. The molecule has 1 aliphatic rings. The van der Waals surface area contributed by atoms with E-state index < -0.39 is 241 Å². The first-order valence-corrected chi connectivity index (χ1v) is 42.5. The van der Waals surface area contributed by atoms with Crippen LogP contribution in [0.5, 0.6) is 28.7 Å². The lowest BCUT2D eigenvalue weighted by Gasteiger charge is -2.29. The van der Waals surface area contributed by atoms with E-state index in [1.54, 1.807) is 44.2 Å². The number of carboxylic acid groups (broad SMARTS) is 2. The van der Waals surface area contributed by atoms with Gasteiger partial charge in [-0.2, -0.15) is 0 Å². The molecule has 0 bridgehead atoms. The van der Waals surface area contributed by atoms with Crippen molar-refractivity contribution in [2.45, 2.75) is 190 Å². The number of aliphatic hydroxyl groups excluding tert-OH is 1. The number of amides is 14. The molecule has 25 N–H and O–H groups in total. The second-order valence-corrected chi connectivity index (χ2v) is 33.1. The predicted molar refractivity (Wildman–Crippen MR) is 458 cm³/mol. The fourth-order valence-electron chi connectivity index (χ4n) is 12.8. The van der Waals surface area contributed by atoms with Gasteiger partial charge in [0.2, 0.25) is 82.7 Å². The van der Waals surface area contributed by atoms with Gasteiger partial charge in [0.05, 0.1) is 18.6 Å². The van der Waals surface area contributed by atoms with Crippen LogP contribution in [-0.2, 0) is 115 Å². The molecular weight excluding hydrogens is 1680 g/mol. The van der Waals surface area contributed by atoms with Gasteiger partial charge in [-0.05, 0) is 140 Å². The maximum absolute atomic E-state index is 15.3. The van der Waals surface area contributed by atoms with Gasteiger partial charge < -0.3 is 121 Å². The molecule has 1 saturated heterocycles. The van der Waals surface area contributed by atoms with E-state index in [1.807, 2.05) is 0 Å². The molecule has 1 aliphatic heterocycles. The third-order valence-electron chi connectivity index (χ3n) is 19.7. The Bertz CT molecular complexity index is 4810. The molecule has 0 aliphatic carbocycles. The Labute approximate surface area is 731 Å². The lowest BCUT2D eigenvalue weighted by atomic mass is 10.00. The van der Waals surface area contributed by atoms with E-state index in [1.165, 1.54) is 135 Å². The van der Waals surface area contributed by atoms with Crippen molar-refractivity contribution >= 4 is 116 Å². The van der Waals surface area contributed by atoms with Crippen LogP contribution in [0.15, 0.2) is 152 Å². The molecule has 126 heavy (non-hydrogen) atoms. The monoisotopic (exact) mass is 1780 g/mol. The molecule has 0 aromatic heterocycles. The van der Waals surface area contributed by atoms with Crippen LogP contribution in [-0.4, -0.2) is 238 Å². The molecule has 1 heterocycles. The first-order chi connectivity index (χ1) is 59.7. The highest BCUT2D eigenvalue weighted by Gasteiger charge is 2.40. The summed E-state index contributed by atoms with van der Waals surface area (Å²) in [5.41, 5.74) is 14.1. The van der Waals surface area contributed by atoms with E-state index in [2.05, 4.69) is 69.1 Å². The van der Waals surface area contributed by atoms with E-state index in [0.29, 0.717) is 16.7 Å². The maximum atomic E-state index is 15.3. The number of carbonyl (C=O) groups excluding carboxylic acids is 14. The number of hydrogen-bond donors (Lipinski definition) is 23. The lowest BCUT2D eigenvalue weighted by Crippen LogP contribution is -2.62. The third kappa shape index (κ3) is 32.9. The highest BCUT2D eigenvalue weighted by atomic mass is 33.1. The molecule has 39 nitrogen and oxygen atoms in total. The molecule has 15 atom stereocenters. The van der Waals surface area contributed by atoms with Gasteiger partial charge in [-0.3, -0.25) is 76.7 Å². The van der Waals surface area contributed by atoms with Crippen molar-refractivity contribution in [2.24, 2.45) is 17.4 Å². The highest BCUT2D eigenvalue weighted by molar-refractivity contribution is 8.76.